The molecule has 21 heavy (non-hydrogen) atoms. The van der Waals surface area contributed by atoms with Crippen molar-refractivity contribution in [3.8, 4) is 0 Å². The number of imide groups is 1. The number of amides is 2. The number of ether oxygens (including phenoxy) is 1. The van der Waals surface area contributed by atoms with Crippen molar-refractivity contribution in [2.24, 2.45) is 0 Å². The van der Waals surface area contributed by atoms with Crippen molar-refractivity contribution >= 4 is 11.8 Å². The average Bonchev–Trinajstić information content (AvgIpc) is 2.77. The van der Waals surface area contributed by atoms with Crippen molar-refractivity contribution in [1.82, 2.24) is 15.2 Å². The highest BCUT2D eigenvalue weighted by molar-refractivity contribution is 6.20. The van der Waals surface area contributed by atoms with E-state index in [9.17, 15) is 9.59 Å². The Morgan fingerprint density at radius 3 is 2.86 bits per heavy atom. The first kappa shape index (κ1) is 14.2. The number of fused-ring (bicyclic) bond motifs is 1. The first-order valence-electron chi connectivity index (χ1n) is 7.41. The summed E-state index contributed by atoms with van der Waals surface area (Å²) >= 11 is 0. The summed E-state index contributed by atoms with van der Waals surface area (Å²) in [6, 6.07) is 3.32. The summed E-state index contributed by atoms with van der Waals surface area (Å²) in [7, 11) is 0. The number of nitrogens with zero attached hydrogens (tertiary/aromatic N) is 2. The second-order valence-corrected chi connectivity index (χ2v) is 5.34. The number of hydrogen-bond donors (Lipinski definition) is 1. The Morgan fingerprint density at radius 2 is 2.10 bits per heavy atom. The van der Waals surface area contributed by atoms with Crippen molar-refractivity contribution in [2.45, 2.75) is 25.4 Å². The minimum atomic E-state index is -0.294. The topological polar surface area (TPSA) is 71.5 Å². The summed E-state index contributed by atoms with van der Waals surface area (Å²) in [5, 5.41) is 3.29. The highest BCUT2D eigenvalue weighted by atomic mass is 16.5. The summed E-state index contributed by atoms with van der Waals surface area (Å²) in [5.41, 5.74) is 0.670. The second-order valence-electron chi connectivity index (χ2n) is 5.34. The van der Waals surface area contributed by atoms with Crippen LogP contribution in [-0.2, 0) is 4.74 Å². The third-order valence-corrected chi connectivity index (χ3v) is 3.90. The Labute approximate surface area is 123 Å². The SMILES string of the molecule is O=C1c2cccnc2C(=O)N1CCCOC1CCNCC1. The molecule has 0 aromatic carbocycles. The van der Waals surface area contributed by atoms with E-state index in [2.05, 4.69) is 10.3 Å². The standard InChI is InChI=1S/C15H19N3O3/c19-14-12-3-1-6-17-13(12)15(20)18(14)9-2-10-21-11-4-7-16-8-5-11/h1,3,6,11,16H,2,4-5,7-10H2. The first-order valence-corrected chi connectivity index (χ1v) is 7.41. The average molecular weight is 289 g/mol. The smallest absolute Gasteiger partial charge is 0.280 e. The fourth-order valence-electron chi connectivity index (χ4n) is 2.75. The van der Waals surface area contributed by atoms with E-state index in [4.69, 9.17) is 4.74 Å². The molecule has 1 N–H and O–H groups in total. The zero-order valence-electron chi connectivity index (χ0n) is 11.9. The number of piperidine rings is 1. The van der Waals surface area contributed by atoms with Crippen LogP contribution in [0.4, 0.5) is 0 Å². The predicted octanol–water partition coefficient (Wildman–Crippen LogP) is 0.836. The molecule has 0 radical (unpaired) electrons. The molecule has 6 heteroatoms. The molecule has 1 fully saturated rings. The molecule has 2 aliphatic heterocycles. The van der Waals surface area contributed by atoms with E-state index in [-0.39, 0.29) is 17.5 Å². The molecule has 0 aliphatic carbocycles. The molecule has 2 amide bonds. The lowest BCUT2D eigenvalue weighted by Gasteiger charge is -2.23. The van der Waals surface area contributed by atoms with E-state index in [1.165, 1.54) is 11.1 Å². The van der Waals surface area contributed by atoms with Gasteiger partial charge in [-0.2, -0.15) is 0 Å². The number of rotatable bonds is 5. The van der Waals surface area contributed by atoms with Crippen molar-refractivity contribution in [3.05, 3.63) is 29.6 Å². The largest absolute Gasteiger partial charge is 0.378 e. The highest BCUT2D eigenvalue weighted by Gasteiger charge is 2.35. The third-order valence-electron chi connectivity index (χ3n) is 3.90. The monoisotopic (exact) mass is 289 g/mol. The summed E-state index contributed by atoms with van der Waals surface area (Å²) in [6.07, 6.45) is 4.55. The van der Waals surface area contributed by atoms with E-state index < -0.39 is 0 Å². The van der Waals surface area contributed by atoms with Crippen LogP contribution >= 0.6 is 0 Å². The summed E-state index contributed by atoms with van der Waals surface area (Å²) in [6.45, 7) is 2.95. The molecular formula is C15H19N3O3. The second kappa shape index (κ2) is 6.32. The van der Waals surface area contributed by atoms with Gasteiger partial charge in [0.2, 0.25) is 0 Å². The zero-order valence-corrected chi connectivity index (χ0v) is 11.9. The van der Waals surface area contributed by atoms with Gasteiger partial charge in [-0.3, -0.25) is 19.5 Å². The molecular weight excluding hydrogens is 270 g/mol. The van der Waals surface area contributed by atoms with Crippen molar-refractivity contribution < 1.29 is 14.3 Å². The van der Waals surface area contributed by atoms with Gasteiger partial charge < -0.3 is 10.1 Å². The molecule has 0 saturated carbocycles. The molecule has 0 spiro atoms. The third kappa shape index (κ3) is 2.96. The molecule has 3 rings (SSSR count). The van der Waals surface area contributed by atoms with Gasteiger partial charge in [-0.15, -0.1) is 0 Å². The quantitative estimate of drug-likeness (QED) is 0.642. The van der Waals surface area contributed by atoms with Crippen LogP contribution in [0.3, 0.4) is 0 Å². The van der Waals surface area contributed by atoms with E-state index >= 15 is 0 Å². The number of carbonyl (C=O) groups is 2. The Balaban J connectivity index is 1.48. The predicted molar refractivity (Wildman–Crippen MR) is 76.1 cm³/mol. The molecule has 1 aromatic rings. The van der Waals surface area contributed by atoms with Gasteiger partial charge in [0.1, 0.15) is 5.69 Å². The van der Waals surface area contributed by atoms with Crippen molar-refractivity contribution in [2.75, 3.05) is 26.2 Å². The maximum Gasteiger partial charge on any atom is 0.280 e. The van der Waals surface area contributed by atoms with Crippen LogP contribution in [0.1, 0.15) is 40.1 Å². The summed E-state index contributed by atoms with van der Waals surface area (Å²) < 4.78 is 5.79. The first-order chi connectivity index (χ1) is 10.3. The van der Waals surface area contributed by atoms with Crippen molar-refractivity contribution in [1.29, 1.82) is 0 Å². The van der Waals surface area contributed by atoms with Gasteiger partial charge in [0.25, 0.3) is 11.8 Å². The molecule has 2 aliphatic rings. The normalized spacial score (nSPS) is 19.1. The summed E-state index contributed by atoms with van der Waals surface area (Å²) in [4.78, 5) is 29.5. The minimum absolute atomic E-state index is 0.245. The molecule has 3 heterocycles. The van der Waals surface area contributed by atoms with Crippen LogP contribution in [0.2, 0.25) is 0 Å². The van der Waals surface area contributed by atoms with Gasteiger partial charge in [0.05, 0.1) is 11.7 Å². The number of nitrogens with one attached hydrogen (secondary N) is 1. The Kier molecular flexibility index (Phi) is 4.26. The van der Waals surface area contributed by atoms with E-state index in [1.54, 1.807) is 12.1 Å². The van der Waals surface area contributed by atoms with Crippen molar-refractivity contribution in [3.63, 3.8) is 0 Å². The Bertz CT molecular complexity index is 506. The Morgan fingerprint density at radius 1 is 1.29 bits per heavy atom. The number of pyridine rings is 1. The number of carbonyl (C=O) groups excluding carboxylic acids is 2. The van der Waals surface area contributed by atoms with Gasteiger partial charge >= 0.3 is 0 Å². The maximum absolute atomic E-state index is 12.1. The van der Waals surface area contributed by atoms with Crippen LogP contribution < -0.4 is 5.32 Å². The molecule has 6 nitrogen and oxygen atoms in total. The van der Waals surface area contributed by atoms with E-state index in [0.29, 0.717) is 31.2 Å². The molecule has 1 saturated heterocycles. The lowest BCUT2D eigenvalue weighted by atomic mass is 10.1. The zero-order chi connectivity index (χ0) is 14.7. The van der Waals surface area contributed by atoms with Crippen LogP contribution in [0.15, 0.2) is 18.3 Å². The highest BCUT2D eigenvalue weighted by Crippen LogP contribution is 2.20. The van der Waals surface area contributed by atoms with E-state index in [1.807, 2.05) is 0 Å². The Hall–Kier alpha value is -1.79. The van der Waals surface area contributed by atoms with Gasteiger partial charge in [0, 0.05) is 19.3 Å². The number of hydrogen-bond acceptors (Lipinski definition) is 5. The fraction of sp³-hybridized carbons (Fsp3) is 0.533. The van der Waals surface area contributed by atoms with Gasteiger partial charge in [-0.05, 0) is 44.5 Å². The van der Waals surface area contributed by atoms with Gasteiger partial charge in [0.15, 0.2) is 0 Å². The summed E-state index contributed by atoms with van der Waals surface area (Å²) in [5.74, 6) is -0.539. The minimum Gasteiger partial charge on any atom is -0.378 e. The number of aromatic nitrogens is 1. The molecule has 0 unspecified atom stereocenters. The molecule has 0 atom stereocenters. The van der Waals surface area contributed by atoms with Crippen LogP contribution in [0, 0.1) is 0 Å². The lowest BCUT2D eigenvalue weighted by Crippen LogP contribution is -2.34. The fourth-order valence-corrected chi connectivity index (χ4v) is 2.75. The maximum atomic E-state index is 12.1. The van der Waals surface area contributed by atoms with Gasteiger partial charge in [-0.25, -0.2) is 0 Å². The molecule has 112 valence electrons. The van der Waals surface area contributed by atoms with Gasteiger partial charge in [-0.1, -0.05) is 0 Å². The van der Waals surface area contributed by atoms with Crippen LogP contribution in [0.25, 0.3) is 0 Å². The molecule has 1 aromatic heterocycles. The van der Waals surface area contributed by atoms with Crippen LogP contribution in [0.5, 0.6) is 0 Å². The molecule has 0 bridgehead atoms. The van der Waals surface area contributed by atoms with E-state index in [0.717, 1.165) is 25.9 Å². The van der Waals surface area contributed by atoms with Crippen LogP contribution in [-0.4, -0.2) is 54.0 Å². The lowest BCUT2D eigenvalue weighted by molar-refractivity contribution is 0.0276.